The van der Waals surface area contributed by atoms with Gasteiger partial charge in [-0.15, -0.1) is 0 Å². The first kappa shape index (κ1) is 59.6. The summed E-state index contributed by atoms with van der Waals surface area (Å²) in [5.74, 6) is -11.1. The number of carboxylic acid groups (broad SMARTS) is 1. The predicted molar refractivity (Wildman–Crippen MR) is 257 cm³/mol. The fraction of sp³-hybridized carbons (Fsp3) is 0.863. The first-order valence-corrected chi connectivity index (χ1v) is 26.1. The van der Waals surface area contributed by atoms with Gasteiger partial charge in [0.2, 0.25) is 12.4 Å². The van der Waals surface area contributed by atoms with Gasteiger partial charge in [0.25, 0.3) is 11.7 Å². The molecule has 1 aliphatic carbocycles. The molecule has 1 saturated carbocycles. The molecule has 4 fully saturated rings. The summed E-state index contributed by atoms with van der Waals surface area (Å²) < 4.78 is 29.1. The van der Waals surface area contributed by atoms with Crippen molar-refractivity contribution in [3.8, 4) is 0 Å². The van der Waals surface area contributed by atoms with Crippen molar-refractivity contribution in [3.05, 3.63) is 0 Å². The fourth-order valence-electron chi connectivity index (χ4n) is 11.8. The summed E-state index contributed by atoms with van der Waals surface area (Å²) in [6, 6.07) is -1.22. The van der Waals surface area contributed by atoms with Crippen molar-refractivity contribution >= 4 is 41.4 Å². The quantitative estimate of drug-likeness (QED) is 0.0574. The van der Waals surface area contributed by atoms with Gasteiger partial charge < -0.3 is 64.3 Å². The molecule has 0 radical (unpaired) electrons. The van der Waals surface area contributed by atoms with Crippen LogP contribution in [0.5, 0.6) is 0 Å². The largest absolute Gasteiger partial charge is 0.479 e. The van der Waals surface area contributed by atoms with Gasteiger partial charge in [0.1, 0.15) is 24.8 Å². The van der Waals surface area contributed by atoms with Crippen LogP contribution in [0.3, 0.4) is 0 Å². The number of fused-ring (bicyclic) bond motifs is 3. The number of cyclic esters (lactones) is 1. The lowest BCUT2D eigenvalue weighted by molar-refractivity contribution is -0.289. The number of piperidine rings is 1. The van der Waals surface area contributed by atoms with Crippen LogP contribution in [0.4, 0.5) is 4.79 Å². The van der Waals surface area contributed by atoms with Crippen LogP contribution in [0.25, 0.3) is 0 Å². The number of nitrogens with zero attached hydrogens (tertiary/aromatic N) is 2. The molecule has 3 aliphatic heterocycles. The van der Waals surface area contributed by atoms with Crippen molar-refractivity contribution in [2.45, 2.75) is 181 Å². The van der Waals surface area contributed by atoms with Crippen molar-refractivity contribution in [1.82, 2.24) is 10.2 Å². The number of alkyl carbamates (subject to hydrolysis) is 1. The molecule has 0 aromatic heterocycles. The molecule has 71 heavy (non-hydrogen) atoms. The fourth-order valence-corrected chi connectivity index (χ4v) is 11.8. The van der Waals surface area contributed by atoms with Crippen LogP contribution in [0.15, 0.2) is 5.16 Å². The number of methoxy groups -OCH3 is 1. The van der Waals surface area contributed by atoms with Gasteiger partial charge in [-0.25, -0.2) is 14.4 Å². The van der Waals surface area contributed by atoms with Gasteiger partial charge in [0.05, 0.1) is 30.6 Å². The number of oxime groups is 1. The molecule has 2 amide bonds. The summed E-state index contributed by atoms with van der Waals surface area (Å²) in [6.45, 7) is 11.4. The molecule has 0 spiro atoms. The third-order valence-electron chi connectivity index (χ3n) is 15.4. The Bertz CT molecular complexity index is 1780. The zero-order valence-electron chi connectivity index (χ0n) is 43.3. The van der Waals surface area contributed by atoms with E-state index in [0.29, 0.717) is 69.9 Å². The van der Waals surface area contributed by atoms with E-state index in [9.17, 15) is 54.3 Å². The lowest BCUT2D eigenvalue weighted by Crippen LogP contribution is -2.63. The molecule has 2 bridgehead atoms. The Morgan fingerprint density at radius 1 is 0.930 bits per heavy atom. The van der Waals surface area contributed by atoms with Gasteiger partial charge in [-0.3, -0.25) is 14.4 Å². The number of rotatable bonds is 15. The van der Waals surface area contributed by atoms with Crippen LogP contribution in [0.1, 0.15) is 138 Å². The van der Waals surface area contributed by atoms with Gasteiger partial charge in [-0.05, 0) is 108 Å². The Kier molecular flexibility index (Phi) is 23.9. The van der Waals surface area contributed by atoms with E-state index in [4.69, 9.17) is 28.5 Å². The van der Waals surface area contributed by atoms with E-state index in [2.05, 4.69) is 17.4 Å². The molecular weight excluding hydrogens is 927 g/mol. The number of hydrogen-bond donors (Lipinski definition) is 6. The maximum Gasteiger partial charge on any atom is 0.407 e. The van der Waals surface area contributed by atoms with Crippen molar-refractivity contribution < 1.29 is 82.8 Å². The first-order valence-electron chi connectivity index (χ1n) is 26.1. The molecule has 406 valence electrons. The first-order chi connectivity index (χ1) is 33.7. The second kappa shape index (κ2) is 28.5. The Labute approximate surface area is 419 Å². The minimum atomic E-state index is -2.61. The summed E-state index contributed by atoms with van der Waals surface area (Å²) in [6.07, 6.45) is 1.25. The number of amides is 2. The van der Waals surface area contributed by atoms with Crippen LogP contribution < -0.4 is 5.32 Å². The van der Waals surface area contributed by atoms with E-state index in [-0.39, 0.29) is 75.8 Å². The van der Waals surface area contributed by atoms with Gasteiger partial charge in [0, 0.05) is 62.9 Å². The number of ether oxygens (including phenoxy) is 5. The summed E-state index contributed by atoms with van der Waals surface area (Å²) in [7, 11) is 1.52. The van der Waals surface area contributed by atoms with E-state index in [0.717, 1.165) is 11.3 Å². The average molecular weight is 1010 g/mol. The number of aliphatic hydroxyl groups excluding tert-OH is 3. The number of ketones is 1. The summed E-state index contributed by atoms with van der Waals surface area (Å²) in [4.78, 5) is 86.0. The maximum absolute atomic E-state index is 14.7. The SMILES string of the molecule is CCC[C@@H]1CC(C)C[C@H](C)C[C@H](CO)[C@H]2O[C@@](O)(C(=O)C(=O)N3CCCC[C@H]3C(=O)O[C@H](C(C)C[C@@H]3CC[C@@H](OC(=O)NCC(=O)OCC)[C@H](OC)C3)[C@H](C)[C@@H](O)C/C1=N\OCC(=O)O)[C@H](C)C[C@@H]2CO. The number of hydrogen-bond acceptors (Lipinski definition) is 17. The number of Topliss-reactive ketones (excluding diaryl/α,β-unsaturated/α-hetero) is 1. The lowest BCUT2D eigenvalue weighted by Gasteiger charge is -2.47. The minimum Gasteiger partial charge on any atom is -0.479 e. The second-order valence-corrected chi connectivity index (χ2v) is 21.1. The predicted octanol–water partition coefficient (Wildman–Crippen LogP) is 4.39. The summed E-state index contributed by atoms with van der Waals surface area (Å²) in [5.41, 5.74) is 0.466. The Morgan fingerprint density at radius 2 is 1.62 bits per heavy atom. The third-order valence-corrected chi connectivity index (χ3v) is 15.4. The lowest BCUT2D eigenvalue weighted by atomic mass is 9.74. The molecule has 4 rings (SSSR count). The number of carbonyl (C=O) groups is 6. The number of esters is 2. The molecule has 20 heteroatoms. The van der Waals surface area contributed by atoms with Gasteiger partial charge in [-0.2, -0.15) is 0 Å². The van der Waals surface area contributed by atoms with Crippen molar-refractivity contribution in [1.29, 1.82) is 0 Å². The zero-order valence-corrected chi connectivity index (χ0v) is 43.3. The number of carbonyl (C=O) groups excluding carboxylic acids is 5. The van der Waals surface area contributed by atoms with Crippen LogP contribution in [0.2, 0.25) is 0 Å². The molecule has 3 heterocycles. The highest BCUT2D eigenvalue weighted by Gasteiger charge is 2.56. The minimum absolute atomic E-state index is 0.0183. The topological polar surface area (TPSA) is 287 Å². The molecule has 4 aliphatic rings. The van der Waals surface area contributed by atoms with Crippen molar-refractivity contribution in [2.24, 2.45) is 58.4 Å². The highest BCUT2D eigenvalue weighted by molar-refractivity contribution is 6.39. The molecular formula is C51H85N3O17. The monoisotopic (exact) mass is 1010 g/mol. The van der Waals surface area contributed by atoms with Crippen LogP contribution in [0, 0.1) is 53.3 Å². The van der Waals surface area contributed by atoms with E-state index >= 15 is 0 Å². The molecule has 3 saturated heterocycles. The Morgan fingerprint density at radius 3 is 2.27 bits per heavy atom. The Hall–Kier alpha value is -3.95. The smallest absolute Gasteiger partial charge is 0.407 e. The maximum atomic E-state index is 14.7. The Balaban J connectivity index is 1.73. The molecule has 2 unspecified atom stereocenters. The van der Waals surface area contributed by atoms with E-state index in [1.807, 2.05) is 20.8 Å². The van der Waals surface area contributed by atoms with Crippen LogP contribution >= 0.6 is 0 Å². The number of aliphatic carboxylic acids is 1. The summed E-state index contributed by atoms with van der Waals surface area (Å²) in [5, 5.41) is 61.9. The normalized spacial score (nSPS) is 36.1. The molecule has 6 N–H and O–H groups in total. The molecule has 0 aromatic rings. The van der Waals surface area contributed by atoms with Gasteiger partial charge in [0.15, 0.2) is 0 Å². The highest BCUT2D eigenvalue weighted by atomic mass is 16.6. The second-order valence-electron chi connectivity index (χ2n) is 21.1. The number of nitrogens with one attached hydrogen (secondary N) is 1. The average Bonchev–Trinajstić information content (AvgIpc) is 3.33. The summed E-state index contributed by atoms with van der Waals surface area (Å²) >= 11 is 0. The molecule has 16 atom stereocenters. The van der Waals surface area contributed by atoms with E-state index in [1.165, 1.54) is 7.11 Å². The zero-order chi connectivity index (χ0) is 52.6. The number of carboxylic acids is 1. The van der Waals surface area contributed by atoms with Crippen LogP contribution in [-0.2, 0) is 52.5 Å². The van der Waals surface area contributed by atoms with E-state index in [1.54, 1.807) is 20.8 Å². The highest BCUT2D eigenvalue weighted by Crippen LogP contribution is 2.42. The standard InChI is InChI=1S/C51H85N3O17/c1-9-13-35-19-29(3)18-30(4)20-36(26-55)46-37(27-56)22-32(6)51(65,71-46)47(61)48(62)54-17-12-11-14-39(54)49(63)70-45(33(7)40(57)24-38(35)53-68-28-43(58)59)31(5)21-34-15-16-41(42(23-34)66-8)69-50(64)52-25-44(60)67-10-2/h29-37,39-42,45-46,55-57,65H,9-28H2,1-8H3,(H,52,64)(H,58,59)/b53-38+/t29?,30-,31?,32+,33+,34-,35+,36+,37+,39-,40-,41+,42+,45+,46+,51+/m0/s1. The van der Waals surface area contributed by atoms with Crippen molar-refractivity contribution in [3.63, 3.8) is 0 Å². The van der Waals surface area contributed by atoms with Crippen LogP contribution in [-0.4, -0.2) is 161 Å². The van der Waals surface area contributed by atoms with E-state index < -0.39 is 114 Å². The molecule has 0 aromatic carbocycles. The van der Waals surface area contributed by atoms with Gasteiger partial charge in [-0.1, -0.05) is 53.1 Å². The van der Waals surface area contributed by atoms with Gasteiger partial charge >= 0.3 is 24.0 Å². The van der Waals surface area contributed by atoms with Crippen molar-refractivity contribution in [2.75, 3.05) is 46.6 Å². The number of aliphatic hydroxyl groups is 4. The molecule has 20 nitrogen and oxygen atoms in total. The third kappa shape index (κ3) is 16.5.